The summed E-state index contributed by atoms with van der Waals surface area (Å²) in [5, 5.41) is 17.3. The summed E-state index contributed by atoms with van der Waals surface area (Å²) in [7, 11) is 0. The minimum Gasteiger partial charge on any atom is -0.481 e. The van der Waals surface area contributed by atoms with E-state index in [9.17, 15) is 4.79 Å². The largest absolute Gasteiger partial charge is 0.481 e. The van der Waals surface area contributed by atoms with Crippen LogP contribution >= 0.6 is 0 Å². The predicted octanol–water partition coefficient (Wildman–Crippen LogP) is 1.95. The molecule has 0 spiro atoms. The van der Waals surface area contributed by atoms with Crippen molar-refractivity contribution in [2.45, 2.75) is 31.7 Å². The molecule has 0 aliphatic heterocycles. The lowest BCUT2D eigenvalue weighted by atomic mass is 10.00. The molecule has 1 heterocycles. The number of carbonyl (C=O) groups is 1. The van der Waals surface area contributed by atoms with Crippen molar-refractivity contribution in [2.75, 3.05) is 0 Å². The molecule has 0 radical (unpaired) electrons. The summed E-state index contributed by atoms with van der Waals surface area (Å²) < 4.78 is 1.91. The Bertz CT molecular complexity index is 586. The van der Waals surface area contributed by atoms with Gasteiger partial charge in [0.2, 0.25) is 0 Å². The number of nitrogens with zero attached hydrogens (tertiary/aromatic N) is 3. The fourth-order valence-electron chi connectivity index (χ4n) is 2.05. The van der Waals surface area contributed by atoms with E-state index in [1.165, 1.54) is 0 Å². The van der Waals surface area contributed by atoms with E-state index in [1.54, 1.807) is 6.92 Å². The Morgan fingerprint density at radius 3 is 2.94 bits per heavy atom. The highest BCUT2D eigenvalue weighted by molar-refractivity contribution is 5.85. The van der Waals surface area contributed by atoms with Crippen LogP contribution in [0.25, 0.3) is 11.0 Å². The van der Waals surface area contributed by atoms with E-state index in [2.05, 4.69) is 10.3 Å². The van der Waals surface area contributed by atoms with Gasteiger partial charge in [-0.05, 0) is 31.4 Å². The standard InChI is InChI=1S/C12H13N3O2/c1-7(12(16)17)9-3-2-4-10-11(9)13-14-15(10)8-5-6-8/h2-4,7-8H,5-6H2,1H3,(H,16,17). The Labute approximate surface area is 98.0 Å². The number of benzene rings is 1. The molecule has 1 aromatic heterocycles. The van der Waals surface area contributed by atoms with Crippen molar-refractivity contribution in [2.24, 2.45) is 0 Å². The first-order chi connectivity index (χ1) is 8.18. The first-order valence-electron chi connectivity index (χ1n) is 5.75. The van der Waals surface area contributed by atoms with Gasteiger partial charge in [-0.3, -0.25) is 4.79 Å². The summed E-state index contributed by atoms with van der Waals surface area (Å²) in [6.07, 6.45) is 2.27. The van der Waals surface area contributed by atoms with Crippen molar-refractivity contribution in [3.63, 3.8) is 0 Å². The van der Waals surface area contributed by atoms with Crippen LogP contribution in [-0.2, 0) is 4.79 Å². The maximum atomic E-state index is 11.0. The number of carboxylic acid groups (broad SMARTS) is 1. The number of carboxylic acids is 1. The summed E-state index contributed by atoms with van der Waals surface area (Å²) in [5.74, 6) is -1.39. The van der Waals surface area contributed by atoms with Crippen LogP contribution in [0.2, 0.25) is 0 Å². The molecular formula is C12H13N3O2. The molecule has 1 saturated carbocycles. The zero-order valence-electron chi connectivity index (χ0n) is 9.50. The molecule has 1 fully saturated rings. The minimum atomic E-state index is -0.835. The van der Waals surface area contributed by atoms with Gasteiger partial charge < -0.3 is 5.11 Å². The fraction of sp³-hybridized carbons (Fsp3) is 0.417. The SMILES string of the molecule is CC(C(=O)O)c1cccc2c1nnn2C1CC1. The van der Waals surface area contributed by atoms with Crippen molar-refractivity contribution < 1.29 is 9.90 Å². The maximum absolute atomic E-state index is 11.0. The third-order valence-corrected chi connectivity index (χ3v) is 3.26. The zero-order chi connectivity index (χ0) is 12.0. The molecule has 1 aliphatic carbocycles. The van der Waals surface area contributed by atoms with E-state index in [0.717, 1.165) is 23.9 Å². The molecule has 0 amide bonds. The van der Waals surface area contributed by atoms with Crippen LogP contribution in [0.4, 0.5) is 0 Å². The van der Waals surface area contributed by atoms with Crippen molar-refractivity contribution in [3.05, 3.63) is 23.8 Å². The van der Waals surface area contributed by atoms with Gasteiger partial charge in [0.15, 0.2) is 0 Å². The molecular weight excluding hydrogens is 218 g/mol. The molecule has 5 nitrogen and oxygen atoms in total. The molecule has 1 atom stereocenters. The normalized spacial score (nSPS) is 17.2. The van der Waals surface area contributed by atoms with Gasteiger partial charge in [-0.2, -0.15) is 0 Å². The Kier molecular flexibility index (Phi) is 2.14. The highest BCUT2D eigenvalue weighted by atomic mass is 16.4. The topological polar surface area (TPSA) is 68.0 Å². The number of hydrogen-bond donors (Lipinski definition) is 1. The van der Waals surface area contributed by atoms with Gasteiger partial charge in [0.1, 0.15) is 5.52 Å². The highest BCUT2D eigenvalue weighted by Gasteiger charge is 2.28. The lowest BCUT2D eigenvalue weighted by Crippen LogP contribution is -2.07. The molecule has 0 saturated heterocycles. The molecule has 1 aliphatic rings. The number of aromatic nitrogens is 3. The smallest absolute Gasteiger partial charge is 0.310 e. The van der Waals surface area contributed by atoms with E-state index in [0.29, 0.717) is 11.6 Å². The number of hydrogen-bond acceptors (Lipinski definition) is 3. The Morgan fingerprint density at radius 1 is 1.53 bits per heavy atom. The number of fused-ring (bicyclic) bond motifs is 1. The third-order valence-electron chi connectivity index (χ3n) is 3.26. The quantitative estimate of drug-likeness (QED) is 0.876. The fourth-order valence-corrected chi connectivity index (χ4v) is 2.05. The summed E-state index contributed by atoms with van der Waals surface area (Å²) in [6, 6.07) is 6.09. The monoisotopic (exact) mass is 231 g/mol. The molecule has 2 aromatic rings. The molecule has 88 valence electrons. The molecule has 1 aromatic carbocycles. The van der Waals surface area contributed by atoms with Crippen LogP contribution in [0.1, 0.15) is 37.3 Å². The van der Waals surface area contributed by atoms with E-state index in [4.69, 9.17) is 5.11 Å². The van der Waals surface area contributed by atoms with Gasteiger partial charge in [-0.1, -0.05) is 17.3 Å². The van der Waals surface area contributed by atoms with E-state index < -0.39 is 11.9 Å². The Hall–Kier alpha value is -1.91. The van der Waals surface area contributed by atoms with Crippen molar-refractivity contribution in [3.8, 4) is 0 Å². The van der Waals surface area contributed by atoms with Gasteiger partial charge in [0, 0.05) is 0 Å². The van der Waals surface area contributed by atoms with Gasteiger partial charge in [0.05, 0.1) is 17.5 Å². The summed E-state index contributed by atoms with van der Waals surface area (Å²) in [6.45, 7) is 1.67. The van der Waals surface area contributed by atoms with Crippen molar-refractivity contribution >= 4 is 17.0 Å². The maximum Gasteiger partial charge on any atom is 0.310 e. The van der Waals surface area contributed by atoms with Crippen molar-refractivity contribution in [1.82, 2.24) is 15.0 Å². The van der Waals surface area contributed by atoms with Crippen LogP contribution < -0.4 is 0 Å². The van der Waals surface area contributed by atoms with Crippen LogP contribution in [-0.4, -0.2) is 26.1 Å². The van der Waals surface area contributed by atoms with Gasteiger partial charge in [-0.15, -0.1) is 5.10 Å². The first kappa shape index (κ1) is 10.3. The predicted molar refractivity (Wildman–Crippen MR) is 61.8 cm³/mol. The average molecular weight is 231 g/mol. The Morgan fingerprint density at radius 2 is 2.29 bits per heavy atom. The van der Waals surface area contributed by atoms with Gasteiger partial charge >= 0.3 is 5.97 Å². The first-order valence-corrected chi connectivity index (χ1v) is 5.75. The molecule has 0 bridgehead atoms. The number of rotatable bonds is 3. The summed E-state index contributed by atoms with van der Waals surface area (Å²) in [5.41, 5.74) is 2.40. The van der Waals surface area contributed by atoms with Gasteiger partial charge in [0.25, 0.3) is 0 Å². The third kappa shape index (κ3) is 1.58. The summed E-state index contributed by atoms with van der Waals surface area (Å²) >= 11 is 0. The molecule has 1 unspecified atom stereocenters. The van der Waals surface area contributed by atoms with Gasteiger partial charge in [-0.25, -0.2) is 4.68 Å². The average Bonchev–Trinajstić information content (AvgIpc) is 3.07. The second kappa shape index (κ2) is 3.55. The molecule has 1 N–H and O–H groups in total. The van der Waals surface area contributed by atoms with E-state index in [-0.39, 0.29) is 0 Å². The summed E-state index contributed by atoms with van der Waals surface area (Å²) in [4.78, 5) is 11.0. The highest BCUT2D eigenvalue weighted by Crippen LogP contribution is 2.37. The van der Waals surface area contributed by atoms with Crippen molar-refractivity contribution in [1.29, 1.82) is 0 Å². The zero-order valence-corrected chi connectivity index (χ0v) is 9.50. The lowest BCUT2D eigenvalue weighted by Gasteiger charge is -2.06. The number of aliphatic carboxylic acids is 1. The Balaban J connectivity index is 2.16. The second-order valence-electron chi connectivity index (χ2n) is 4.54. The van der Waals surface area contributed by atoms with Crippen LogP contribution in [0, 0.1) is 0 Å². The molecule has 5 heteroatoms. The minimum absolute atomic E-state index is 0.454. The van der Waals surface area contributed by atoms with Crippen LogP contribution in [0.3, 0.4) is 0 Å². The van der Waals surface area contributed by atoms with E-state index >= 15 is 0 Å². The van der Waals surface area contributed by atoms with E-state index in [1.807, 2.05) is 22.9 Å². The second-order valence-corrected chi connectivity index (χ2v) is 4.54. The molecule has 17 heavy (non-hydrogen) atoms. The lowest BCUT2D eigenvalue weighted by molar-refractivity contribution is -0.138. The molecule has 3 rings (SSSR count). The van der Waals surface area contributed by atoms with Crippen LogP contribution in [0.5, 0.6) is 0 Å². The van der Waals surface area contributed by atoms with Crippen LogP contribution in [0.15, 0.2) is 18.2 Å².